The maximum absolute atomic E-state index is 4.14. The Morgan fingerprint density at radius 1 is 1.45 bits per heavy atom. The van der Waals surface area contributed by atoms with Crippen LogP contribution in [-0.4, -0.2) is 9.38 Å². The Hall–Kier alpha value is -1.16. The third kappa shape index (κ3) is 0.952. The zero-order chi connectivity index (χ0) is 7.68. The molecule has 0 aliphatic rings. The molecule has 0 bridgehead atoms. The highest BCUT2D eigenvalue weighted by Gasteiger charge is 1.97. The monoisotopic (exact) mass is 165 g/mol. The Bertz CT molecular complexity index is 368. The third-order valence-corrected chi connectivity index (χ3v) is 1.78. The molecular formula is C7H7N3S. The Kier molecular flexibility index (Phi) is 1.47. The van der Waals surface area contributed by atoms with E-state index in [4.69, 9.17) is 0 Å². The number of pyridine rings is 1. The van der Waals surface area contributed by atoms with Crippen LogP contribution in [0, 0.1) is 0 Å². The van der Waals surface area contributed by atoms with Gasteiger partial charge in [0.2, 0.25) is 0 Å². The highest BCUT2D eigenvalue weighted by molar-refractivity contribution is 7.81. The molecule has 0 aliphatic carbocycles. The first-order chi connectivity index (χ1) is 5.42. The van der Waals surface area contributed by atoms with E-state index < -0.39 is 0 Å². The van der Waals surface area contributed by atoms with E-state index in [0.717, 1.165) is 11.3 Å². The molecule has 3 nitrogen and oxygen atoms in total. The van der Waals surface area contributed by atoms with Crippen molar-refractivity contribution >= 4 is 24.1 Å². The van der Waals surface area contributed by atoms with Gasteiger partial charge in [0.25, 0.3) is 0 Å². The molecule has 0 radical (unpaired) electrons. The first-order valence-corrected chi connectivity index (χ1v) is 3.68. The summed E-state index contributed by atoms with van der Waals surface area (Å²) in [6, 6.07) is 3.86. The fraction of sp³-hybridized carbons (Fsp3) is 0. The lowest BCUT2D eigenvalue weighted by atomic mass is 10.4. The van der Waals surface area contributed by atoms with Crippen LogP contribution >= 0.6 is 12.8 Å². The molecule has 0 spiro atoms. The Balaban J connectivity index is 2.79. The van der Waals surface area contributed by atoms with Gasteiger partial charge in [0.15, 0.2) is 5.65 Å². The second kappa shape index (κ2) is 2.47. The minimum absolute atomic E-state index is 0.891. The lowest BCUT2D eigenvalue weighted by Crippen LogP contribution is -1.87. The van der Waals surface area contributed by atoms with E-state index in [0.29, 0.717) is 0 Å². The van der Waals surface area contributed by atoms with Crippen molar-refractivity contribution in [3.05, 3.63) is 30.7 Å². The Labute approximate surface area is 69.6 Å². The van der Waals surface area contributed by atoms with Gasteiger partial charge < -0.3 is 9.12 Å². The van der Waals surface area contributed by atoms with Crippen LogP contribution < -0.4 is 4.72 Å². The van der Waals surface area contributed by atoms with Crippen LogP contribution in [0.4, 0.5) is 5.69 Å². The molecule has 2 heterocycles. The smallest absolute Gasteiger partial charge is 0.161 e. The SMILES string of the molecule is SNc1cccn2ccnc12. The Morgan fingerprint density at radius 3 is 3.18 bits per heavy atom. The molecule has 56 valence electrons. The number of hydrogen-bond acceptors (Lipinski definition) is 3. The first kappa shape index (κ1) is 6.54. The van der Waals surface area contributed by atoms with Gasteiger partial charge in [0.1, 0.15) is 0 Å². The van der Waals surface area contributed by atoms with Crippen LogP contribution in [0.2, 0.25) is 0 Å². The lowest BCUT2D eigenvalue weighted by molar-refractivity contribution is 1.19. The summed E-state index contributed by atoms with van der Waals surface area (Å²) in [5.41, 5.74) is 1.81. The summed E-state index contributed by atoms with van der Waals surface area (Å²) < 4.78 is 4.70. The number of hydrogen-bond donors (Lipinski definition) is 2. The molecule has 11 heavy (non-hydrogen) atoms. The summed E-state index contributed by atoms with van der Waals surface area (Å²) in [5.74, 6) is 0. The van der Waals surface area contributed by atoms with Gasteiger partial charge in [-0.2, -0.15) is 0 Å². The average Bonchev–Trinajstić information content (AvgIpc) is 2.50. The first-order valence-electron chi connectivity index (χ1n) is 3.23. The topological polar surface area (TPSA) is 29.3 Å². The number of imidazole rings is 1. The molecule has 0 fully saturated rings. The van der Waals surface area contributed by atoms with Crippen LogP contribution in [0.5, 0.6) is 0 Å². The molecule has 2 aromatic rings. The van der Waals surface area contributed by atoms with Crippen LogP contribution in [0.15, 0.2) is 30.7 Å². The van der Waals surface area contributed by atoms with E-state index in [2.05, 4.69) is 22.5 Å². The predicted molar refractivity (Wildman–Crippen MR) is 47.8 cm³/mol. The molecule has 2 aromatic heterocycles. The molecule has 4 heteroatoms. The molecule has 0 amide bonds. The molecule has 2 rings (SSSR count). The average molecular weight is 165 g/mol. The molecular weight excluding hydrogens is 158 g/mol. The van der Waals surface area contributed by atoms with E-state index >= 15 is 0 Å². The second-order valence-corrected chi connectivity index (χ2v) is 2.42. The van der Waals surface area contributed by atoms with Crippen molar-refractivity contribution in [2.45, 2.75) is 0 Å². The minimum atomic E-state index is 0.891. The summed E-state index contributed by atoms with van der Waals surface area (Å²) in [5, 5.41) is 0. The number of rotatable bonds is 1. The highest BCUT2D eigenvalue weighted by Crippen LogP contribution is 2.14. The van der Waals surface area contributed by atoms with Crippen LogP contribution in [0.25, 0.3) is 5.65 Å². The quantitative estimate of drug-likeness (QED) is 0.628. The number of anilines is 1. The number of fused-ring (bicyclic) bond motifs is 1. The van der Waals surface area contributed by atoms with E-state index in [-0.39, 0.29) is 0 Å². The van der Waals surface area contributed by atoms with Crippen molar-refractivity contribution < 1.29 is 0 Å². The standard InChI is InChI=1S/C7H7N3S/c11-9-6-2-1-4-10-5-3-8-7(6)10/h1-5,9,11H. The predicted octanol–water partition coefficient (Wildman–Crippen LogP) is 1.59. The maximum atomic E-state index is 4.14. The van der Waals surface area contributed by atoms with E-state index in [1.807, 2.05) is 28.9 Å². The lowest BCUT2D eigenvalue weighted by Gasteiger charge is -1.99. The van der Waals surface area contributed by atoms with E-state index in [1.165, 1.54) is 0 Å². The summed E-state index contributed by atoms with van der Waals surface area (Å²) in [6.07, 6.45) is 5.59. The molecule has 0 saturated heterocycles. The fourth-order valence-electron chi connectivity index (χ4n) is 1.04. The van der Waals surface area contributed by atoms with Crippen molar-refractivity contribution in [1.29, 1.82) is 0 Å². The van der Waals surface area contributed by atoms with E-state index in [9.17, 15) is 0 Å². The van der Waals surface area contributed by atoms with Gasteiger partial charge in [0, 0.05) is 18.6 Å². The molecule has 0 atom stereocenters. The van der Waals surface area contributed by atoms with Crippen LogP contribution in [-0.2, 0) is 0 Å². The number of nitrogens with one attached hydrogen (secondary N) is 1. The molecule has 0 unspecified atom stereocenters. The van der Waals surface area contributed by atoms with Crippen molar-refractivity contribution in [2.75, 3.05) is 4.72 Å². The summed E-state index contributed by atoms with van der Waals surface area (Å²) in [6.45, 7) is 0. The Morgan fingerprint density at radius 2 is 2.36 bits per heavy atom. The zero-order valence-corrected chi connectivity index (χ0v) is 6.62. The molecule has 0 aliphatic heterocycles. The highest BCUT2D eigenvalue weighted by atomic mass is 32.1. The van der Waals surface area contributed by atoms with Crippen LogP contribution in [0.1, 0.15) is 0 Å². The van der Waals surface area contributed by atoms with Gasteiger partial charge in [-0.15, -0.1) is 0 Å². The normalized spacial score (nSPS) is 10.3. The number of nitrogens with zero attached hydrogens (tertiary/aromatic N) is 2. The third-order valence-electron chi connectivity index (χ3n) is 1.54. The van der Waals surface area contributed by atoms with Gasteiger partial charge in [-0.3, -0.25) is 0 Å². The summed E-state index contributed by atoms with van der Waals surface area (Å²) >= 11 is 3.96. The number of thiol groups is 1. The van der Waals surface area contributed by atoms with Crippen molar-refractivity contribution in [1.82, 2.24) is 9.38 Å². The van der Waals surface area contributed by atoms with Gasteiger partial charge in [0.05, 0.1) is 5.69 Å². The van der Waals surface area contributed by atoms with Crippen molar-refractivity contribution in [2.24, 2.45) is 0 Å². The summed E-state index contributed by atoms with van der Waals surface area (Å²) in [7, 11) is 0. The fourth-order valence-corrected chi connectivity index (χ4v) is 1.21. The van der Waals surface area contributed by atoms with Gasteiger partial charge >= 0.3 is 0 Å². The second-order valence-electron chi connectivity index (χ2n) is 2.19. The molecule has 1 N–H and O–H groups in total. The van der Waals surface area contributed by atoms with Crippen LogP contribution in [0.3, 0.4) is 0 Å². The van der Waals surface area contributed by atoms with E-state index in [1.54, 1.807) is 6.20 Å². The largest absolute Gasteiger partial charge is 0.329 e. The number of aromatic nitrogens is 2. The van der Waals surface area contributed by atoms with Gasteiger partial charge in [-0.05, 0) is 12.1 Å². The molecule has 0 saturated carbocycles. The minimum Gasteiger partial charge on any atom is -0.329 e. The van der Waals surface area contributed by atoms with Gasteiger partial charge in [-0.25, -0.2) is 4.98 Å². The van der Waals surface area contributed by atoms with Crippen molar-refractivity contribution in [3.63, 3.8) is 0 Å². The maximum Gasteiger partial charge on any atom is 0.161 e. The molecule has 0 aromatic carbocycles. The summed E-state index contributed by atoms with van der Waals surface area (Å²) in [4.78, 5) is 4.14. The van der Waals surface area contributed by atoms with Gasteiger partial charge in [-0.1, -0.05) is 12.8 Å². The van der Waals surface area contributed by atoms with Crippen molar-refractivity contribution in [3.8, 4) is 0 Å². The zero-order valence-electron chi connectivity index (χ0n) is 5.73.